The maximum atomic E-state index is 13.3. The molecular formula is C22H25N3O4. The first-order valence-corrected chi connectivity index (χ1v) is 9.36. The second-order valence-corrected chi connectivity index (χ2v) is 7.05. The van der Waals surface area contributed by atoms with Gasteiger partial charge in [0.05, 0.1) is 25.6 Å². The molecule has 0 atom stereocenters. The summed E-state index contributed by atoms with van der Waals surface area (Å²) in [6.07, 6.45) is 0. The lowest BCUT2D eigenvalue weighted by atomic mass is 10.1. The molecule has 0 aliphatic heterocycles. The molecule has 7 heteroatoms. The number of aromatic nitrogens is 2. The Balaban J connectivity index is 2.04. The zero-order chi connectivity index (χ0) is 21.1. The summed E-state index contributed by atoms with van der Waals surface area (Å²) in [6.45, 7) is 4.03. The normalized spacial score (nSPS) is 11.0. The van der Waals surface area contributed by atoms with Crippen molar-refractivity contribution in [3.05, 3.63) is 64.1 Å². The van der Waals surface area contributed by atoms with Gasteiger partial charge in [-0.25, -0.2) is 4.68 Å². The van der Waals surface area contributed by atoms with Gasteiger partial charge in [0.1, 0.15) is 0 Å². The molecule has 0 spiro atoms. The van der Waals surface area contributed by atoms with E-state index in [1.807, 2.05) is 26.0 Å². The molecule has 0 fully saturated rings. The Labute approximate surface area is 169 Å². The molecule has 29 heavy (non-hydrogen) atoms. The quantitative estimate of drug-likeness (QED) is 0.640. The van der Waals surface area contributed by atoms with Crippen LogP contribution in [-0.2, 0) is 6.54 Å². The highest BCUT2D eigenvalue weighted by Crippen LogP contribution is 2.31. The molecule has 0 aliphatic carbocycles. The fraction of sp³-hybridized carbons (Fsp3) is 0.318. The van der Waals surface area contributed by atoms with Gasteiger partial charge in [0.15, 0.2) is 17.2 Å². The Morgan fingerprint density at radius 2 is 1.76 bits per heavy atom. The molecule has 0 N–H and O–H groups in total. The van der Waals surface area contributed by atoms with E-state index in [-0.39, 0.29) is 23.2 Å². The number of fused-ring (bicyclic) bond motifs is 1. The van der Waals surface area contributed by atoms with E-state index in [0.717, 1.165) is 5.56 Å². The molecule has 0 saturated carbocycles. The van der Waals surface area contributed by atoms with Gasteiger partial charge in [-0.15, -0.1) is 0 Å². The summed E-state index contributed by atoms with van der Waals surface area (Å²) in [4.78, 5) is 27.5. The van der Waals surface area contributed by atoms with Crippen molar-refractivity contribution < 1.29 is 14.3 Å². The fourth-order valence-corrected chi connectivity index (χ4v) is 3.30. The predicted molar refractivity (Wildman–Crippen MR) is 112 cm³/mol. The number of nitrogens with zero attached hydrogens (tertiary/aromatic N) is 3. The summed E-state index contributed by atoms with van der Waals surface area (Å²) in [5.74, 6) is 0.905. The van der Waals surface area contributed by atoms with Gasteiger partial charge < -0.3 is 14.4 Å². The molecular weight excluding hydrogens is 370 g/mol. The SMILES string of the molecule is COc1cccc(CN(C)C(=O)c2nn(C(C)C)c(=O)c3ccccc23)c1OC. The third-order valence-electron chi connectivity index (χ3n) is 4.76. The van der Waals surface area contributed by atoms with E-state index in [9.17, 15) is 9.59 Å². The van der Waals surface area contributed by atoms with E-state index >= 15 is 0 Å². The van der Waals surface area contributed by atoms with Crippen molar-refractivity contribution in [3.63, 3.8) is 0 Å². The summed E-state index contributed by atoms with van der Waals surface area (Å²) in [7, 11) is 4.83. The van der Waals surface area contributed by atoms with Gasteiger partial charge in [0.25, 0.3) is 11.5 Å². The number of hydrogen-bond donors (Lipinski definition) is 0. The van der Waals surface area contributed by atoms with Crippen molar-refractivity contribution >= 4 is 16.7 Å². The van der Waals surface area contributed by atoms with Crippen molar-refractivity contribution in [2.45, 2.75) is 26.4 Å². The highest BCUT2D eigenvalue weighted by Gasteiger charge is 2.22. The second-order valence-electron chi connectivity index (χ2n) is 7.05. The first-order valence-electron chi connectivity index (χ1n) is 9.36. The number of amides is 1. The van der Waals surface area contributed by atoms with E-state index in [0.29, 0.717) is 28.8 Å². The summed E-state index contributed by atoms with van der Waals surface area (Å²) in [6, 6.07) is 12.4. The highest BCUT2D eigenvalue weighted by molar-refractivity contribution is 6.04. The molecule has 2 aromatic carbocycles. The van der Waals surface area contributed by atoms with Crippen molar-refractivity contribution in [2.75, 3.05) is 21.3 Å². The minimum Gasteiger partial charge on any atom is -0.493 e. The average Bonchev–Trinajstić information content (AvgIpc) is 2.73. The predicted octanol–water partition coefficient (Wildman–Crippen LogP) is 3.27. The molecule has 0 saturated heterocycles. The zero-order valence-corrected chi connectivity index (χ0v) is 17.3. The molecule has 1 aromatic heterocycles. The number of methoxy groups -OCH3 is 2. The van der Waals surface area contributed by atoms with Gasteiger partial charge in [-0.05, 0) is 26.0 Å². The molecule has 0 aliphatic rings. The van der Waals surface area contributed by atoms with Crippen LogP contribution in [0.4, 0.5) is 0 Å². The van der Waals surface area contributed by atoms with Crippen LogP contribution in [0.2, 0.25) is 0 Å². The average molecular weight is 395 g/mol. The first kappa shape index (κ1) is 20.4. The molecule has 152 valence electrons. The molecule has 0 unspecified atom stereocenters. The zero-order valence-electron chi connectivity index (χ0n) is 17.3. The molecule has 1 heterocycles. The number of rotatable bonds is 6. The van der Waals surface area contributed by atoms with Crippen LogP contribution in [0.15, 0.2) is 47.3 Å². The summed E-state index contributed by atoms with van der Waals surface area (Å²) in [5.41, 5.74) is 0.853. The smallest absolute Gasteiger partial charge is 0.274 e. The van der Waals surface area contributed by atoms with E-state index in [4.69, 9.17) is 9.47 Å². The van der Waals surface area contributed by atoms with Crippen LogP contribution in [0.3, 0.4) is 0 Å². The number of benzene rings is 2. The van der Waals surface area contributed by atoms with Crippen LogP contribution in [0, 0.1) is 0 Å². The largest absolute Gasteiger partial charge is 0.493 e. The van der Waals surface area contributed by atoms with Crippen LogP contribution < -0.4 is 15.0 Å². The topological polar surface area (TPSA) is 73.7 Å². The van der Waals surface area contributed by atoms with Gasteiger partial charge in [0, 0.05) is 24.5 Å². The van der Waals surface area contributed by atoms with E-state index < -0.39 is 0 Å². The van der Waals surface area contributed by atoms with Gasteiger partial charge in [-0.1, -0.05) is 30.3 Å². The maximum absolute atomic E-state index is 13.3. The first-order chi connectivity index (χ1) is 13.9. The van der Waals surface area contributed by atoms with Crippen LogP contribution >= 0.6 is 0 Å². The van der Waals surface area contributed by atoms with Crippen LogP contribution in [0.1, 0.15) is 35.9 Å². The number of hydrogen-bond acceptors (Lipinski definition) is 5. The lowest BCUT2D eigenvalue weighted by Gasteiger charge is -2.21. The standard InChI is InChI=1S/C22H25N3O4/c1-14(2)25-21(26)17-11-7-6-10-16(17)19(23-25)22(27)24(3)13-15-9-8-12-18(28-4)20(15)29-5/h6-12,14H,13H2,1-5H3. The summed E-state index contributed by atoms with van der Waals surface area (Å²) < 4.78 is 12.2. The Morgan fingerprint density at radius 1 is 1.07 bits per heavy atom. The van der Waals surface area contributed by atoms with E-state index in [2.05, 4.69) is 5.10 Å². The van der Waals surface area contributed by atoms with Gasteiger partial charge >= 0.3 is 0 Å². The molecule has 0 bridgehead atoms. The minimum atomic E-state index is -0.277. The molecule has 3 aromatic rings. The van der Waals surface area contributed by atoms with Gasteiger partial charge in [0.2, 0.25) is 0 Å². The Bertz CT molecular complexity index is 1100. The number of ether oxygens (including phenoxy) is 2. The summed E-state index contributed by atoms with van der Waals surface area (Å²) in [5, 5.41) is 5.42. The second kappa shape index (κ2) is 8.34. The molecule has 0 radical (unpaired) electrons. The maximum Gasteiger partial charge on any atom is 0.274 e. The van der Waals surface area contributed by atoms with Crippen molar-refractivity contribution in [2.24, 2.45) is 0 Å². The number of para-hydroxylation sites is 1. The monoisotopic (exact) mass is 395 g/mol. The van der Waals surface area contributed by atoms with Crippen molar-refractivity contribution in [1.82, 2.24) is 14.7 Å². The lowest BCUT2D eigenvalue weighted by molar-refractivity contribution is 0.0777. The summed E-state index contributed by atoms with van der Waals surface area (Å²) >= 11 is 0. The fourth-order valence-electron chi connectivity index (χ4n) is 3.30. The number of carbonyl (C=O) groups is 1. The van der Waals surface area contributed by atoms with Gasteiger partial charge in [-0.2, -0.15) is 5.10 Å². The van der Waals surface area contributed by atoms with E-state index in [1.165, 1.54) is 4.68 Å². The highest BCUT2D eigenvalue weighted by atomic mass is 16.5. The van der Waals surface area contributed by atoms with Crippen molar-refractivity contribution in [3.8, 4) is 11.5 Å². The molecule has 7 nitrogen and oxygen atoms in total. The van der Waals surface area contributed by atoms with Gasteiger partial charge in [-0.3, -0.25) is 9.59 Å². The third-order valence-corrected chi connectivity index (χ3v) is 4.76. The minimum absolute atomic E-state index is 0.164. The Morgan fingerprint density at radius 3 is 2.38 bits per heavy atom. The lowest BCUT2D eigenvalue weighted by Crippen LogP contribution is -2.32. The Hall–Kier alpha value is -3.35. The molecule has 1 amide bonds. The van der Waals surface area contributed by atoms with E-state index in [1.54, 1.807) is 56.5 Å². The Kier molecular flexibility index (Phi) is 5.87. The van der Waals surface area contributed by atoms with Crippen LogP contribution in [0.25, 0.3) is 10.8 Å². The van der Waals surface area contributed by atoms with Crippen LogP contribution in [-0.4, -0.2) is 41.9 Å². The van der Waals surface area contributed by atoms with Crippen molar-refractivity contribution in [1.29, 1.82) is 0 Å². The molecule has 3 rings (SSSR count). The third kappa shape index (κ3) is 3.81. The number of carbonyl (C=O) groups excluding carboxylic acids is 1. The van der Waals surface area contributed by atoms with Crippen LogP contribution in [0.5, 0.6) is 11.5 Å².